The number of amides is 1. The van der Waals surface area contributed by atoms with Gasteiger partial charge in [0.2, 0.25) is 0 Å². The predicted octanol–water partition coefficient (Wildman–Crippen LogP) is 1.95. The van der Waals surface area contributed by atoms with Crippen LogP contribution in [0.1, 0.15) is 40.4 Å². The van der Waals surface area contributed by atoms with Crippen LogP contribution in [-0.2, 0) is 7.05 Å². The first-order chi connectivity index (χ1) is 13.5. The summed E-state index contributed by atoms with van der Waals surface area (Å²) in [7, 11) is 1.54. The molecule has 3 heterocycles. The number of rotatable bonds is 2. The summed E-state index contributed by atoms with van der Waals surface area (Å²) in [6, 6.07) is 11.8. The zero-order chi connectivity index (χ0) is 19.8. The van der Waals surface area contributed by atoms with E-state index in [4.69, 9.17) is 0 Å². The Bertz CT molecular complexity index is 1160. The van der Waals surface area contributed by atoms with Crippen molar-refractivity contribution in [3.63, 3.8) is 0 Å². The number of piperidine rings is 1. The Balaban J connectivity index is 1.76. The average Bonchev–Trinajstić information content (AvgIpc) is 2.71. The fourth-order valence-corrected chi connectivity index (χ4v) is 3.96. The number of pyridine rings is 1. The molecule has 1 N–H and O–H groups in total. The number of carbonyl (C=O) groups excluding carboxylic acids is 1. The Kier molecular flexibility index (Phi) is 4.58. The van der Waals surface area contributed by atoms with Gasteiger partial charge in [0.05, 0.1) is 10.9 Å². The van der Waals surface area contributed by atoms with Crippen molar-refractivity contribution in [3.8, 4) is 0 Å². The fraction of sp³-hybridized carbons (Fsp3) is 0.333. The first kappa shape index (κ1) is 18.2. The van der Waals surface area contributed by atoms with E-state index in [1.165, 1.54) is 17.2 Å². The van der Waals surface area contributed by atoms with Crippen LogP contribution in [0.25, 0.3) is 11.0 Å². The van der Waals surface area contributed by atoms with Crippen LogP contribution >= 0.6 is 0 Å². The molecular weight excluding hydrogens is 356 g/mol. The molecule has 0 aliphatic carbocycles. The molecule has 1 aromatic carbocycles. The van der Waals surface area contributed by atoms with Crippen LogP contribution in [0.3, 0.4) is 0 Å². The van der Waals surface area contributed by atoms with Crippen molar-refractivity contribution in [2.45, 2.75) is 25.7 Å². The predicted molar refractivity (Wildman–Crippen MR) is 107 cm³/mol. The summed E-state index contributed by atoms with van der Waals surface area (Å²) < 4.78 is 1.27. The number of nitrogens with one attached hydrogen (secondary N) is 1. The molecule has 3 aromatic rings. The lowest BCUT2D eigenvalue weighted by Gasteiger charge is -2.33. The Labute approximate surface area is 161 Å². The van der Waals surface area contributed by atoms with Gasteiger partial charge in [0, 0.05) is 31.7 Å². The molecule has 0 spiro atoms. The molecule has 1 amide bonds. The highest BCUT2D eigenvalue weighted by molar-refractivity contribution is 6.05. The number of aromatic nitrogens is 3. The second-order valence-electron chi connectivity index (χ2n) is 7.33. The van der Waals surface area contributed by atoms with Crippen molar-refractivity contribution in [1.82, 2.24) is 19.4 Å². The highest BCUT2D eigenvalue weighted by Gasteiger charge is 2.28. The normalized spacial score (nSPS) is 17.1. The number of fused-ring (bicyclic) bond motifs is 1. The van der Waals surface area contributed by atoms with E-state index in [9.17, 15) is 14.4 Å². The monoisotopic (exact) mass is 378 g/mol. The minimum absolute atomic E-state index is 0.166. The Hall–Kier alpha value is -3.22. The summed E-state index contributed by atoms with van der Waals surface area (Å²) in [6.45, 7) is 3.01. The molecule has 1 aliphatic rings. The molecule has 1 atom stereocenters. The topological polar surface area (TPSA) is 88.1 Å². The number of aromatic amines is 1. The second kappa shape index (κ2) is 7.07. The van der Waals surface area contributed by atoms with Gasteiger partial charge < -0.3 is 4.90 Å². The van der Waals surface area contributed by atoms with Crippen molar-refractivity contribution in [2.75, 3.05) is 13.1 Å². The van der Waals surface area contributed by atoms with Gasteiger partial charge in [-0.05, 0) is 31.4 Å². The number of likely N-dealkylation sites (tertiary alicyclic amines) is 1. The molecule has 0 unspecified atom stereocenters. The minimum Gasteiger partial charge on any atom is -0.338 e. The number of hydrogen-bond donors (Lipinski definition) is 1. The molecular formula is C21H22N4O3. The number of aryl methyl sites for hydroxylation is 2. The zero-order valence-electron chi connectivity index (χ0n) is 15.9. The Morgan fingerprint density at radius 2 is 1.96 bits per heavy atom. The lowest BCUT2D eigenvalue weighted by molar-refractivity contribution is 0.0709. The van der Waals surface area contributed by atoms with Crippen LogP contribution in [-0.4, -0.2) is 38.4 Å². The smallest absolute Gasteiger partial charge is 0.329 e. The number of benzene rings is 1. The van der Waals surface area contributed by atoms with Crippen molar-refractivity contribution in [3.05, 3.63) is 74.1 Å². The van der Waals surface area contributed by atoms with Gasteiger partial charge in [-0.3, -0.25) is 19.1 Å². The van der Waals surface area contributed by atoms with Gasteiger partial charge in [0.15, 0.2) is 0 Å². The Morgan fingerprint density at radius 3 is 2.71 bits per heavy atom. The fourth-order valence-electron chi connectivity index (χ4n) is 3.96. The van der Waals surface area contributed by atoms with Gasteiger partial charge in [-0.25, -0.2) is 9.78 Å². The molecule has 2 aromatic heterocycles. The van der Waals surface area contributed by atoms with Crippen LogP contribution < -0.4 is 11.2 Å². The minimum atomic E-state index is -0.578. The van der Waals surface area contributed by atoms with Gasteiger partial charge >= 0.3 is 5.69 Å². The summed E-state index contributed by atoms with van der Waals surface area (Å²) in [5, 5.41) is 0.166. The first-order valence-corrected chi connectivity index (χ1v) is 9.40. The highest BCUT2D eigenvalue weighted by Crippen LogP contribution is 2.28. The molecule has 4 rings (SSSR count). The van der Waals surface area contributed by atoms with Crippen molar-refractivity contribution >= 4 is 16.9 Å². The summed E-state index contributed by atoms with van der Waals surface area (Å²) in [6.07, 6.45) is 1.93. The van der Waals surface area contributed by atoms with E-state index in [0.717, 1.165) is 12.8 Å². The molecule has 28 heavy (non-hydrogen) atoms. The van der Waals surface area contributed by atoms with Gasteiger partial charge in [-0.15, -0.1) is 0 Å². The van der Waals surface area contributed by atoms with Gasteiger partial charge in [-0.1, -0.05) is 30.3 Å². The highest BCUT2D eigenvalue weighted by atomic mass is 16.2. The quantitative estimate of drug-likeness (QED) is 0.738. The van der Waals surface area contributed by atoms with E-state index in [2.05, 4.69) is 22.1 Å². The summed E-state index contributed by atoms with van der Waals surface area (Å²) in [5.74, 6) is 0.0796. The van der Waals surface area contributed by atoms with Gasteiger partial charge in [-0.2, -0.15) is 0 Å². The van der Waals surface area contributed by atoms with Crippen LogP contribution in [0, 0.1) is 6.92 Å². The van der Waals surface area contributed by atoms with Crippen molar-refractivity contribution in [1.29, 1.82) is 0 Å². The summed E-state index contributed by atoms with van der Waals surface area (Å²) >= 11 is 0. The lowest BCUT2D eigenvalue weighted by atomic mass is 9.90. The van der Waals surface area contributed by atoms with Crippen molar-refractivity contribution < 1.29 is 4.79 Å². The standard InChI is InChI=1S/C21H22N4O3/c1-13-11-16(17-18(22-13)24(2)21(28)23-19(17)26)20(27)25-10-6-9-15(12-25)14-7-4-3-5-8-14/h3-5,7-8,11,15H,6,9-10,12H2,1-2H3,(H,23,26,28)/t15-/m0/s1. The Morgan fingerprint density at radius 1 is 1.21 bits per heavy atom. The van der Waals surface area contributed by atoms with E-state index in [1.54, 1.807) is 17.9 Å². The molecule has 0 radical (unpaired) electrons. The summed E-state index contributed by atoms with van der Waals surface area (Å²) in [4.78, 5) is 46.1. The molecule has 1 fully saturated rings. The van der Waals surface area contributed by atoms with E-state index >= 15 is 0 Å². The number of hydrogen-bond acceptors (Lipinski definition) is 4. The van der Waals surface area contributed by atoms with Crippen LogP contribution in [0.15, 0.2) is 46.0 Å². The van der Waals surface area contributed by atoms with E-state index in [1.807, 2.05) is 18.2 Å². The molecule has 0 saturated carbocycles. The molecule has 0 bridgehead atoms. The third kappa shape index (κ3) is 3.13. The number of nitrogens with zero attached hydrogens (tertiary/aromatic N) is 3. The van der Waals surface area contributed by atoms with Crippen molar-refractivity contribution in [2.24, 2.45) is 7.05 Å². The third-order valence-electron chi connectivity index (χ3n) is 5.41. The zero-order valence-corrected chi connectivity index (χ0v) is 15.9. The van der Waals surface area contributed by atoms with Crippen LogP contribution in [0.5, 0.6) is 0 Å². The van der Waals surface area contributed by atoms with E-state index in [-0.39, 0.29) is 22.9 Å². The van der Waals surface area contributed by atoms with E-state index < -0.39 is 11.2 Å². The maximum atomic E-state index is 13.3. The molecule has 7 heteroatoms. The molecule has 1 aliphatic heterocycles. The third-order valence-corrected chi connectivity index (χ3v) is 5.41. The maximum absolute atomic E-state index is 13.3. The molecule has 144 valence electrons. The number of carbonyl (C=O) groups is 1. The van der Waals surface area contributed by atoms with Crippen LogP contribution in [0.4, 0.5) is 0 Å². The SMILES string of the molecule is Cc1cc(C(=O)N2CCC[C@H](c3ccccc3)C2)c2c(=O)[nH]c(=O)n(C)c2n1. The molecule has 7 nitrogen and oxygen atoms in total. The lowest BCUT2D eigenvalue weighted by Crippen LogP contribution is -2.40. The largest absolute Gasteiger partial charge is 0.338 e. The van der Waals surface area contributed by atoms with Gasteiger partial charge in [0.1, 0.15) is 5.65 Å². The first-order valence-electron chi connectivity index (χ1n) is 9.40. The second-order valence-corrected chi connectivity index (χ2v) is 7.33. The van der Waals surface area contributed by atoms with Gasteiger partial charge in [0.25, 0.3) is 11.5 Å². The van der Waals surface area contributed by atoms with Crippen LogP contribution in [0.2, 0.25) is 0 Å². The maximum Gasteiger partial charge on any atom is 0.329 e. The summed E-state index contributed by atoms with van der Waals surface area (Å²) in [5.41, 5.74) is 1.22. The number of H-pyrrole nitrogens is 1. The average molecular weight is 378 g/mol. The molecule has 1 saturated heterocycles. The van der Waals surface area contributed by atoms with E-state index in [0.29, 0.717) is 24.3 Å².